The van der Waals surface area contributed by atoms with Crippen LogP contribution in [0.25, 0.3) is 0 Å². The van der Waals surface area contributed by atoms with Gasteiger partial charge >= 0.3 is 12.1 Å². The fraction of sp³-hybridized carbons (Fsp3) is 0.758. The number of benzene rings is 1. The molecule has 6 nitrogen and oxygen atoms in total. The lowest BCUT2D eigenvalue weighted by molar-refractivity contribution is -0.175. The quantitative estimate of drug-likeness (QED) is 0.256. The monoisotopic (exact) mass is 574 g/mol. The molecule has 4 fully saturated rings. The van der Waals surface area contributed by atoms with Gasteiger partial charge in [-0.25, -0.2) is 4.79 Å². The summed E-state index contributed by atoms with van der Waals surface area (Å²) >= 11 is 5.52. The molecule has 7 heteroatoms. The first-order chi connectivity index (χ1) is 19.2. The van der Waals surface area contributed by atoms with E-state index >= 15 is 0 Å². The molecule has 4 saturated carbocycles. The van der Waals surface area contributed by atoms with Gasteiger partial charge < -0.3 is 19.3 Å². The fourth-order valence-electron chi connectivity index (χ4n) is 9.84. The number of aliphatic hydroxyl groups is 1. The predicted octanol–water partition coefficient (Wildman–Crippen LogP) is 7.49. The van der Waals surface area contributed by atoms with Crippen molar-refractivity contribution in [1.82, 2.24) is 0 Å². The third kappa shape index (κ3) is 5.77. The van der Waals surface area contributed by atoms with Crippen LogP contribution in [0.2, 0.25) is 0 Å². The van der Waals surface area contributed by atoms with Gasteiger partial charge in [-0.2, -0.15) is 0 Å². The summed E-state index contributed by atoms with van der Waals surface area (Å²) in [6.07, 6.45) is 8.23. The van der Waals surface area contributed by atoms with E-state index in [-0.39, 0.29) is 35.1 Å². The van der Waals surface area contributed by atoms with Gasteiger partial charge in [0.15, 0.2) is 6.07 Å². The Bertz CT molecular complexity index is 1030. The van der Waals surface area contributed by atoms with E-state index in [9.17, 15) is 14.7 Å². The number of rotatable bonds is 8. The lowest BCUT2D eigenvalue weighted by atomic mass is 9.43. The minimum Gasteiger partial charge on any atom is -0.461 e. The minimum atomic E-state index is -0.693. The van der Waals surface area contributed by atoms with Gasteiger partial charge in [-0.3, -0.25) is 4.79 Å². The number of hydrogen-bond acceptors (Lipinski definition) is 6. The molecule has 40 heavy (non-hydrogen) atoms. The van der Waals surface area contributed by atoms with Crippen molar-refractivity contribution in [2.24, 2.45) is 46.3 Å². The molecule has 0 spiro atoms. The molecule has 0 radical (unpaired) electrons. The highest BCUT2D eigenvalue weighted by Gasteiger charge is 2.63. The van der Waals surface area contributed by atoms with Crippen LogP contribution in [-0.4, -0.2) is 35.5 Å². The largest absolute Gasteiger partial charge is 0.509 e. The van der Waals surface area contributed by atoms with Crippen LogP contribution in [0.3, 0.4) is 0 Å². The van der Waals surface area contributed by atoms with Crippen LogP contribution < -0.4 is 0 Å². The number of carbonyl (C=O) groups is 2. The summed E-state index contributed by atoms with van der Waals surface area (Å²) in [5.41, 5.74) is 1.38. The summed E-state index contributed by atoms with van der Waals surface area (Å²) in [7, 11) is 0. The SMILES string of the molecule is C[C@H](CCC(=O)OCc1ccccc1)C1CCC2C3C(CC[C@@]21C)C1(C)CC[C@@H](OC(=O)OCCl)CC1C[C@@H]3O. The van der Waals surface area contributed by atoms with E-state index in [4.69, 9.17) is 25.8 Å². The third-order valence-corrected chi connectivity index (χ3v) is 12.0. The molecule has 10 atom stereocenters. The first kappa shape index (κ1) is 29.7. The van der Waals surface area contributed by atoms with Crippen LogP contribution in [0.4, 0.5) is 4.79 Å². The first-order valence-electron chi connectivity index (χ1n) is 15.4. The zero-order valence-electron chi connectivity index (χ0n) is 24.4. The Kier molecular flexibility index (Phi) is 9.06. The molecule has 1 N–H and O–H groups in total. The Morgan fingerprint density at radius 2 is 1.73 bits per heavy atom. The van der Waals surface area contributed by atoms with E-state index in [1.165, 1.54) is 19.3 Å². The highest BCUT2D eigenvalue weighted by molar-refractivity contribution is 6.17. The molecule has 0 aliphatic heterocycles. The first-order valence-corrected chi connectivity index (χ1v) is 16.0. The molecule has 5 rings (SSSR count). The molecule has 0 heterocycles. The van der Waals surface area contributed by atoms with Gasteiger partial charge in [0.1, 0.15) is 12.7 Å². The van der Waals surface area contributed by atoms with Crippen molar-refractivity contribution in [1.29, 1.82) is 0 Å². The molecule has 0 saturated heterocycles. The lowest BCUT2D eigenvalue weighted by Crippen LogP contribution is -2.58. The molecule has 6 unspecified atom stereocenters. The van der Waals surface area contributed by atoms with Crippen LogP contribution in [0, 0.1) is 46.3 Å². The third-order valence-electron chi connectivity index (χ3n) is 11.9. The lowest BCUT2D eigenvalue weighted by Gasteiger charge is -2.62. The summed E-state index contributed by atoms with van der Waals surface area (Å²) in [6.45, 7) is 7.57. The summed E-state index contributed by atoms with van der Waals surface area (Å²) in [4.78, 5) is 24.4. The molecular weight excluding hydrogens is 528 g/mol. The fourth-order valence-corrected chi connectivity index (χ4v) is 9.93. The Labute approximate surface area is 244 Å². The average molecular weight is 575 g/mol. The second-order valence-corrected chi connectivity index (χ2v) is 13.9. The molecule has 0 aromatic heterocycles. The van der Waals surface area contributed by atoms with Crippen LogP contribution in [-0.2, 0) is 25.6 Å². The van der Waals surface area contributed by atoms with Crippen LogP contribution in [0.1, 0.15) is 90.5 Å². The second kappa shape index (κ2) is 12.2. The van der Waals surface area contributed by atoms with Crippen molar-refractivity contribution in [3.05, 3.63) is 35.9 Å². The summed E-state index contributed by atoms with van der Waals surface area (Å²) in [6, 6.07) is 9.64. The number of hydrogen-bond donors (Lipinski definition) is 1. The van der Waals surface area contributed by atoms with Crippen molar-refractivity contribution in [2.45, 2.75) is 104 Å². The number of esters is 1. The number of alkyl halides is 1. The smallest absolute Gasteiger partial charge is 0.461 e. The zero-order valence-corrected chi connectivity index (χ0v) is 25.1. The van der Waals surface area contributed by atoms with E-state index in [0.717, 1.165) is 44.1 Å². The number of fused-ring (bicyclic) bond motifs is 5. The van der Waals surface area contributed by atoms with Crippen molar-refractivity contribution < 1.29 is 28.9 Å². The maximum absolute atomic E-state index is 12.5. The Hall–Kier alpha value is -1.79. The van der Waals surface area contributed by atoms with E-state index < -0.39 is 6.16 Å². The Balaban J connectivity index is 1.19. The number of carbonyl (C=O) groups excluding carboxylic acids is 2. The highest BCUT2D eigenvalue weighted by atomic mass is 35.5. The normalized spacial score (nSPS) is 39.3. The molecule has 1 aromatic carbocycles. The minimum absolute atomic E-state index is 0.115. The van der Waals surface area contributed by atoms with E-state index in [0.29, 0.717) is 48.5 Å². The zero-order chi connectivity index (χ0) is 28.5. The number of ether oxygens (including phenoxy) is 3. The predicted molar refractivity (Wildman–Crippen MR) is 153 cm³/mol. The maximum Gasteiger partial charge on any atom is 0.509 e. The van der Waals surface area contributed by atoms with Gasteiger partial charge in [-0.15, -0.1) is 0 Å². The van der Waals surface area contributed by atoms with Gasteiger partial charge in [0, 0.05) is 6.42 Å². The number of aliphatic hydroxyl groups excluding tert-OH is 1. The Morgan fingerprint density at radius 3 is 2.48 bits per heavy atom. The molecule has 0 bridgehead atoms. The Morgan fingerprint density at radius 1 is 1.00 bits per heavy atom. The molecule has 0 amide bonds. The van der Waals surface area contributed by atoms with E-state index in [2.05, 4.69) is 20.8 Å². The summed E-state index contributed by atoms with van der Waals surface area (Å²) < 4.78 is 15.9. The maximum atomic E-state index is 12.5. The van der Waals surface area contributed by atoms with Crippen molar-refractivity contribution in [3.8, 4) is 0 Å². The van der Waals surface area contributed by atoms with Gasteiger partial charge in [0.05, 0.1) is 6.10 Å². The molecule has 1 aromatic rings. The molecular formula is C33H47ClO6. The van der Waals surface area contributed by atoms with Crippen molar-refractivity contribution >= 4 is 23.7 Å². The molecule has 4 aliphatic rings. The highest BCUT2D eigenvalue weighted by Crippen LogP contribution is 2.68. The van der Waals surface area contributed by atoms with Crippen LogP contribution in [0.15, 0.2) is 30.3 Å². The van der Waals surface area contributed by atoms with Gasteiger partial charge in [-0.1, -0.05) is 62.7 Å². The summed E-state index contributed by atoms with van der Waals surface area (Å²) in [5, 5.41) is 11.6. The molecule has 222 valence electrons. The van der Waals surface area contributed by atoms with Gasteiger partial charge in [0.2, 0.25) is 0 Å². The van der Waals surface area contributed by atoms with Crippen molar-refractivity contribution in [3.63, 3.8) is 0 Å². The van der Waals surface area contributed by atoms with E-state index in [1.807, 2.05) is 30.3 Å². The standard InChI is InChI=1S/C33H47ClO6/c1-21(9-12-29(36)38-19-22-7-5-4-6-8-22)25-10-11-26-30-27(14-16-33(25,26)3)32(2)15-13-24(40-31(37)39-20-34)17-23(32)18-28(30)35/h4-8,21,23-28,30,35H,9-20H2,1-3H3/t21-,23?,24-,25?,26?,27?,28+,30?,32?,33-/m1/s1. The van der Waals surface area contributed by atoms with Crippen molar-refractivity contribution in [2.75, 3.05) is 6.07 Å². The topological polar surface area (TPSA) is 82.1 Å². The van der Waals surface area contributed by atoms with Crippen LogP contribution >= 0.6 is 11.6 Å². The second-order valence-electron chi connectivity index (χ2n) is 13.7. The van der Waals surface area contributed by atoms with Crippen LogP contribution in [0.5, 0.6) is 0 Å². The van der Waals surface area contributed by atoms with Gasteiger partial charge in [-0.05, 0) is 110 Å². The summed E-state index contributed by atoms with van der Waals surface area (Å²) in [5.74, 6) is 2.58. The average Bonchev–Trinajstić information content (AvgIpc) is 3.29. The molecule has 4 aliphatic carbocycles. The van der Waals surface area contributed by atoms with E-state index in [1.54, 1.807) is 0 Å². The number of halogens is 1. The van der Waals surface area contributed by atoms with Gasteiger partial charge in [0.25, 0.3) is 0 Å².